The lowest BCUT2D eigenvalue weighted by molar-refractivity contribution is -0.118. The van der Waals surface area contributed by atoms with Gasteiger partial charge in [-0.3, -0.25) is 9.78 Å². The zero-order chi connectivity index (χ0) is 19.4. The number of nitrogens with zero attached hydrogens (tertiary/aromatic N) is 2. The second kappa shape index (κ2) is 8.55. The van der Waals surface area contributed by atoms with Crippen LogP contribution in [-0.2, 0) is 4.79 Å². The molecule has 1 heterocycles. The number of hydrogen-bond acceptors (Lipinski definition) is 4. The highest BCUT2D eigenvalue weighted by molar-refractivity contribution is 8.00. The highest BCUT2D eigenvalue weighted by Gasteiger charge is 2.10. The molecular weight excluding hydrogens is 378 g/mol. The number of amides is 1. The van der Waals surface area contributed by atoms with Gasteiger partial charge in [0.1, 0.15) is 0 Å². The van der Waals surface area contributed by atoms with E-state index in [0.29, 0.717) is 5.02 Å². The number of rotatable bonds is 5. The molecule has 0 radical (unpaired) electrons. The number of pyridine rings is 1. The molecule has 1 aromatic heterocycles. The molecule has 3 aromatic rings. The van der Waals surface area contributed by atoms with Crippen LogP contribution in [0.2, 0.25) is 5.02 Å². The monoisotopic (exact) mass is 397 g/mol. The molecule has 0 saturated heterocycles. The van der Waals surface area contributed by atoms with Crippen molar-refractivity contribution in [2.75, 3.05) is 5.75 Å². The molecule has 0 spiro atoms. The van der Waals surface area contributed by atoms with Crippen LogP contribution in [0.15, 0.2) is 52.5 Å². The fraction of sp³-hybridized carbons (Fsp3) is 0.190. The van der Waals surface area contributed by atoms with Gasteiger partial charge >= 0.3 is 0 Å². The van der Waals surface area contributed by atoms with Gasteiger partial charge in [0.05, 0.1) is 17.5 Å². The highest BCUT2D eigenvalue weighted by Crippen LogP contribution is 2.30. The van der Waals surface area contributed by atoms with Crippen molar-refractivity contribution >= 4 is 46.4 Å². The van der Waals surface area contributed by atoms with Crippen LogP contribution in [0.25, 0.3) is 10.9 Å². The van der Waals surface area contributed by atoms with Gasteiger partial charge in [0.25, 0.3) is 0 Å². The number of aryl methyl sites for hydroxylation is 3. The lowest BCUT2D eigenvalue weighted by Crippen LogP contribution is -2.19. The van der Waals surface area contributed by atoms with Gasteiger partial charge in [-0.25, -0.2) is 5.43 Å². The Labute approximate surface area is 168 Å². The Morgan fingerprint density at radius 3 is 2.81 bits per heavy atom. The SMILES string of the molecule is Cc1cc(C)c2nc(C)cc(SCC(=O)NN=Cc3cccc(Cl)c3)c2c1. The van der Waals surface area contributed by atoms with Crippen LogP contribution in [0.1, 0.15) is 22.4 Å². The average Bonchev–Trinajstić information content (AvgIpc) is 2.60. The second-order valence-corrected chi connectivity index (χ2v) is 7.83. The van der Waals surface area contributed by atoms with E-state index in [-0.39, 0.29) is 11.7 Å². The molecule has 0 aliphatic heterocycles. The Balaban J connectivity index is 1.68. The first-order valence-corrected chi connectivity index (χ1v) is 9.87. The average molecular weight is 398 g/mol. The third-order valence-corrected chi connectivity index (χ3v) is 5.24. The van der Waals surface area contributed by atoms with Crippen molar-refractivity contribution in [1.82, 2.24) is 10.4 Å². The maximum absolute atomic E-state index is 12.1. The van der Waals surface area contributed by atoms with Crippen molar-refractivity contribution < 1.29 is 4.79 Å². The number of aromatic nitrogens is 1. The summed E-state index contributed by atoms with van der Waals surface area (Å²) in [5.41, 5.74) is 7.65. The van der Waals surface area contributed by atoms with Gasteiger partial charge in [-0.15, -0.1) is 11.8 Å². The van der Waals surface area contributed by atoms with Gasteiger partial charge in [0.15, 0.2) is 0 Å². The Morgan fingerprint density at radius 1 is 1.22 bits per heavy atom. The van der Waals surface area contributed by atoms with Gasteiger partial charge < -0.3 is 0 Å². The lowest BCUT2D eigenvalue weighted by Gasteiger charge is -2.10. The van der Waals surface area contributed by atoms with Gasteiger partial charge in [-0.1, -0.05) is 35.4 Å². The molecule has 0 atom stereocenters. The summed E-state index contributed by atoms with van der Waals surface area (Å²) in [4.78, 5) is 17.8. The zero-order valence-corrected chi connectivity index (χ0v) is 17.0. The number of benzene rings is 2. The van der Waals surface area contributed by atoms with E-state index < -0.39 is 0 Å². The summed E-state index contributed by atoms with van der Waals surface area (Å²) in [6.45, 7) is 6.10. The molecule has 2 aromatic carbocycles. The lowest BCUT2D eigenvalue weighted by atomic mass is 10.1. The Bertz CT molecular complexity index is 1030. The molecule has 3 rings (SSSR count). The molecule has 6 heteroatoms. The summed E-state index contributed by atoms with van der Waals surface area (Å²) < 4.78 is 0. The maximum Gasteiger partial charge on any atom is 0.250 e. The van der Waals surface area contributed by atoms with Crippen LogP contribution in [0, 0.1) is 20.8 Å². The van der Waals surface area contributed by atoms with E-state index in [1.165, 1.54) is 17.3 Å². The number of nitrogens with one attached hydrogen (secondary N) is 1. The van der Waals surface area contributed by atoms with Gasteiger partial charge in [0.2, 0.25) is 5.91 Å². The van der Waals surface area contributed by atoms with Crippen molar-refractivity contribution in [1.29, 1.82) is 0 Å². The standard InChI is InChI=1S/C21H20ClN3OS/c1-13-7-14(2)21-18(8-13)19(9-15(3)24-21)27-12-20(26)25-23-11-16-5-4-6-17(22)10-16/h4-11H,12H2,1-3H3,(H,25,26). The topological polar surface area (TPSA) is 54.4 Å². The van der Waals surface area contributed by atoms with Crippen LogP contribution in [0.4, 0.5) is 0 Å². The van der Waals surface area contributed by atoms with Crippen LogP contribution in [0.5, 0.6) is 0 Å². The normalized spacial score (nSPS) is 11.3. The zero-order valence-electron chi connectivity index (χ0n) is 15.4. The van der Waals surface area contributed by atoms with E-state index in [1.807, 2.05) is 25.1 Å². The first-order valence-electron chi connectivity index (χ1n) is 8.51. The van der Waals surface area contributed by atoms with E-state index in [9.17, 15) is 4.79 Å². The van der Waals surface area contributed by atoms with Crippen molar-refractivity contribution in [3.8, 4) is 0 Å². The minimum atomic E-state index is -0.162. The molecule has 0 bridgehead atoms. The van der Waals surface area contributed by atoms with Crippen LogP contribution in [-0.4, -0.2) is 22.9 Å². The second-order valence-electron chi connectivity index (χ2n) is 6.38. The molecular formula is C21H20ClN3OS. The van der Waals surface area contributed by atoms with Crippen LogP contribution < -0.4 is 5.43 Å². The smallest absolute Gasteiger partial charge is 0.250 e. The molecule has 1 N–H and O–H groups in total. The fourth-order valence-corrected chi connectivity index (χ4v) is 3.95. The number of thioether (sulfide) groups is 1. The quantitative estimate of drug-likeness (QED) is 0.372. The first kappa shape index (κ1) is 19.4. The van der Waals surface area contributed by atoms with E-state index in [0.717, 1.165) is 32.6 Å². The van der Waals surface area contributed by atoms with Gasteiger partial charge in [-0.05, 0) is 56.2 Å². The van der Waals surface area contributed by atoms with Crippen LogP contribution >= 0.6 is 23.4 Å². The first-order chi connectivity index (χ1) is 12.9. The third kappa shape index (κ3) is 5.08. The molecule has 0 fully saturated rings. The molecule has 0 unspecified atom stereocenters. The number of fused-ring (bicyclic) bond motifs is 1. The summed E-state index contributed by atoms with van der Waals surface area (Å²) >= 11 is 7.42. The summed E-state index contributed by atoms with van der Waals surface area (Å²) in [6, 6.07) is 13.5. The van der Waals surface area contributed by atoms with Gasteiger partial charge in [0, 0.05) is 21.0 Å². The summed E-state index contributed by atoms with van der Waals surface area (Å²) in [6.07, 6.45) is 1.58. The fourth-order valence-electron chi connectivity index (χ4n) is 2.83. The van der Waals surface area contributed by atoms with Crippen molar-refractivity contribution in [2.45, 2.75) is 25.7 Å². The molecule has 27 heavy (non-hydrogen) atoms. The summed E-state index contributed by atoms with van der Waals surface area (Å²) in [7, 11) is 0. The number of carbonyl (C=O) groups excluding carboxylic acids is 1. The number of halogens is 1. The molecule has 0 aliphatic carbocycles. The predicted octanol–water partition coefficient (Wildman–Crippen LogP) is 5.06. The van der Waals surface area contributed by atoms with E-state index in [2.05, 4.69) is 41.5 Å². The molecule has 0 saturated carbocycles. The number of hydrazone groups is 1. The van der Waals surface area contributed by atoms with E-state index >= 15 is 0 Å². The Morgan fingerprint density at radius 2 is 2.04 bits per heavy atom. The molecule has 1 amide bonds. The Hall–Kier alpha value is -2.37. The van der Waals surface area contributed by atoms with Crippen molar-refractivity contribution in [2.24, 2.45) is 5.10 Å². The van der Waals surface area contributed by atoms with Crippen LogP contribution in [0.3, 0.4) is 0 Å². The molecule has 4 nitrogen and oxygen atoms in total. The predicted molar refractivity (Wildman–Crippen MR) is 114 cm³/mol. The largest absolute Gasteiger partial charge is 0.272 e. The summed E-state index contributed by atoms with van der Waals surface area (Å²) in [5.74, 6) is 0.114. The van der Waals surface area contributed by atoms with E-state index in [4.69, 9.17) is 11.6 Å². The Kier molecular flexibility index (Phi) is 6.14. The summed E-state index contributed by atoms with van der Waals surface area (Å²) in [5, 5.41) is 5.71. The minimum absolute atomic E-state index is 0.162. The van der Waals surface area contributed by atoms with Crippen molar-refractivity contribution in [3.05, 3.63) is 69.9 Å². The van der Waals surface area contributed by atoms with Crippen molar-refractivity contribution in [3.63, 3.8) is 0 Å². The number of hydrogen-bond donors (Lipinski definition) is 1. The third-order valence-electron chi connectivity index (χ3n) is 3.95. The minimum Gasteiger partial charge on any atom is -0.272 e. The van der Waals surface area contributed by atoms with E-state index in [1.54, 1.807) is 18.3 Å². The highest BCUT2D eigenvalue weighted by atomic mass is 35.5. The maximum atomic E-state index is 12.1. The molecule has 138 valence electrons. The molecule has 0 aliphatic rings. The van der Waals surface area contributed by atoms with Gasteiger partial charge in [-0.2, -0.15) is 5.10 Å². The number of carbonyl (C=O) groups is 1.